The molecule has 2 aliphatic heterocycles. The molecular formula is C36H40F2N2O3. The van der Waals surface area contributed by atoms with E-state index in [1.165, 1.54) is 11.1 Å². The van der Waals surface area contributed by atoms with Gasteiger partial charge < -0.3 is 9.64 Å². The second-order valence-corrected chi connectivity index (χ2v) is 12.7. The van der Waals surface area contributed by atoms with Crippen LogP contribution in [0, 0.1) is 0 Å². The van der Waals surface area contributed by atoms with Crippen LogP contribution in [0.25, 0.3) is 11.1 Å². The highest BCUT2D eigenvalue weighted by Crippen LogP contribution is 2.44. The van der Waals surface area contributed by atoms with E-state index in [-0.39, 0.29) is 30.0 Å². The van der Waals surface area contributed by atoms with E-state index < -0.39 is 0 Å². The molecule has 1 aliphatic carbocycles. The molecule has 5 nitrogen and oxygen atoms in total. The SMILES string of the molecule is CC(=O)N1c2ccc(C3=C(c4ccc(OC5CCN(CCCF)C5)cc4)c4ccc(OF)cc4CCC3)cc2CC1(C)C. The van der Waals surface area contributed by atoms with Gasteiger partial charge in [0.25, 0.3) is 0 Å². The first-order valence-corrected chi connectivity index (χ1v) is 15.4. The third-order valence-electron chi connectivity index (χ3n) is 9.10. The Morgan fingerprint density at radius 3 is 2.49 bits per heavy atom. The van der Waals surface area contributed by atoms with E-state index in [1.54, 1.807) is 19.1 Å². The number of amides is 1. The summed E-state index contributed by atoms with van der Waals surface area (Å²) in [6, 6.07) is 20.2. The number of aryl methyl sites for hydroxylation is 1. The molecule has 7 heteroatoms. The summed E-state index contributed by atoms with van der Waals surface area (Å²) < 4.78 is 32.1. The number of hydrogen-bond donors (Lipinski definition) is 0. The lowest BCUT2D eigenvalue weighted by molar-refractivity contribution is -0.117. The largest absolute Gasteiger partial charge is 0.489 e. The second kappa shape index (κ2) is 12.1. The summed E-state index contributed by atoms with van der Waals surface area (Å²) in [6.07, 6.45) is 5.00. The molecule has 43 heavy (non-hydrogen) atoms. The summed E-state index contributed by atoms with van der Waals surface area (Å²) in [5, 5.41) is 0. The Balaban J connectivity index is 1.37. The number of allylic oxidation sites excluding steroid dienone is 1. The number of benzene rings is 3. The standard InChI is InChI=1S/C36H40F2N2O3/c1-24(41)40-34-15-10-27(20-28(34)22-36(40,2)3)32-7-4-6-26-21-30(43-38)13-14-33(26)35(32)25-8-11-29(12-9-25)42-31-16-19-39(23-31)18-5-17-37/h8-15,20-21,31H,4-7,16-19,22-23H2,1-3H3. The Kier molecular flexibility index (Phi) is 8.27. The predicted molar refractivity (Wildman–Crippen MR) is 167 cm³/mol. The third-order valence-corrected chi connectivity index (χ3v) is 9.10. The molecule has 2 heterocycles. The molecule has 3 aromatic rings. The lowest BCUT2D eigenvalue weighted by Gasteiger charge is -2.31. The van der Waals surface area contributed by atoms with Crippen molar-refractivity contribution in [3.8, 4) is 11.5 Å². The quantitative estimate of drug-likeness (QED) is 0.271. The highest BCUT2D eigenvalue weighted by Gasteiger charge is 2.38. The van der Waals surface area contributed by atoms with Crippen LogP contribution in [0.3, 0.4) is 0 Å². The van der Waals surface area contributed by atoms with Crippen molar-refractivity contribution in [3.63, 3.8) is 0 Å². The fraction of sp³-hybridized carbons (Fsp3) is 0.417. The summed E-state index contributed by atoms with van der Waals surface area (Å²) in [7, 11) is 0. The fourth-order valence-electron chi connectivity index (χ4n) is 7.30. The number of likely N-dealkylation sites (tertiary alicyclic amines) is 1. The first kappa shape index (κ1) is 29.4. The van der Waals surface area contributed by atoms with Crippen LogP contribution in [0.15, 0.2) is 60.7 Å². The zero-order chi connectivity index (χ0) is 30.1. The van der Waals surface area contributed by atoms with Gasteiger partial charge in [-0.25, -0.2) is 0 Å². The molecule has 0 aromatic heterocycles. The Bertz CT molecular complexity index is 1530. The predicted octanol–water partition coefficient (Wildman–Crippen LogP) is 7.75. The smallest absolute Gasteiger partial charge is 0.224 e. The fourth-order valence-corrected chi connectivity index (χ4v) is 7.30. The summed E-state index contributed by atoms with van der Waals surface area (Å²) in [4.78, 5) is 20.8. The van der Waals surface area contributed by atoms with Crippen molar-refractivity contribution in [2.24, 2.45) is 0 Å². The van der Waals surface area contributed by atoms with Crippen LogP contribution in [0.2, 0.25) is 0 Å². The van der Waals surface area contributed by atoms with Crippen molar-refractivity contribution < 1.29 is 23.4 Å². The van der Waals surface area contributed by atoms with Gasteiger partial charge in [-0.15, -0.1) is 0 Å². The van der Waals surface area contributed by atoms with E-state index in [1.807, 2.05) is 23.1 Å². The number of anilines is 1. The molecular weight excluding hydrogens is 546 g/mol. The number of carbonyl (C=O) groups excluding carboxylic acids is 1. The molecule has 226 valence electrons. The van der Waals surface area contributed by atoms with Crippen LogP contribution in [-0.4, -0.2) is 48.8 Å². The Morgan fingerprint density at radius 2 is 1.74 bits per heavy atom. The van der Waals surface area contributed by atoms with E-state index in [0.717, 1.165) is 91.0 Å². The number of rotatable bonds is 8. The van der Waals surface area contributed by atoms with Crippen molar-refractivity contribution in [1.82, 2.24) is 4.90 Å². The maximum atomic E-state index is 13.2. The monoisotopic (exact) mass is 586 g/mol. The van der Waals surface area contributed by atoms with Gasteiger partial charge in [-0.05, 0) is 128 Å². The first-order valence-electron chi connectivity index (χ1n) is 15.4. The van der Waals surface area contributed by atoms with Gasteiger partial charge in [0.2, 0.25) is 5.91 Å². The van der Waals surface area contributed by atoms with Crippen LogP contribution in [0.5, 0.6) is 11.5 Å². The number of halogens is 2. The lowest BCUT2D eigenvalue weighted by Crippen LogP contribution is -2.44. The summed E-state index contributed by atoms with van der Waals surface area (Å²) in [5.41, 5.74) is 8.61. The Hall–Kier alpha value is -3.71. The van der Waals surface area contributed by atoms with Crippen molar-refractivity contribution >= 4 is 22.7 Å². The number of ether oxygens (including phenoxy) is 1. The summed E-state index contributed by atoms with van der Waals surface area (Å²) in [6.45, 7) is 8.10. The first-order chi connectivity index (χ1) is 20.8. The number of carbonyl (C=O) groups is 1. The number of nitrogens with zero attached hydrogens (tertiary/aromatic N) is 2. The molecule has 0 bridgehead atoms. The van der Waals surface area contributed by atoms with E-state index in [0.29, 0.717) is 6.42 Å². The van der Waals surface area contributed by atoms with Gasteiger partial charge in [0.15, 0.2) is 5.75 Å². The average molecular weight is 587 g/mol. The molecule has 0 spiro atoms. The molecule has 3 aromatic carbocycles. The van der Waals surface area contributed by atoms with Gasteiger partial charge in [-0.3, -0.25) is 19.0 Å². The molecule has 1 amide bonds. The zero-order valence-electron chi connectivity index (χ0n) is 25.3. The normalized spacial score (nSPS) is 19.7. The van der Waals surface area contributed by atoms with Gasteiger partial charge in [-0.1, -0.05) is 24.3 Å². The zero-order valence-corrected chi connectivity index (χ0v) is 25.3. The third kappa shape index (κ3) is 5.92. The molecule has 1 atom stereocenters. The van der Waals surface area contributed by atoms with Gasteiger partial charge in [-0.2, -0.15) is 0 Å². The molecule has 3 aliphatic rings. The maximum absolute atomic E-state index is 13.2. The molecule has 0 saturated carbocycles. The van der Waals surface area contributed by atoms with Gasteiger partial charge in [0.1, 0.15) is 11.9 Å². The molecule has 0 N–H and O–H groups in total. The topological polar surface area (TPSA) is 42.0 Å². The summed E-state index contributed by atoms with van der Waals surface area (Å²) in [5.74, 6) is 1.09. The average Bonchev–Trinajstić information content (AvgIpc) is 3.48. The van der Waals surface area contributed by atoms with E-state index >= 15 is 0 Å². The van der Waals surface area contributed by atoms with Crippen molar-refractivity contribution in [3.05, 3.63) is 88.5 Å². The van der Waals surface area contributed by atoms with Gasteiger partial charge in [0.05, 0.1) is 6.67 Å². The molecule has 1 fully saturated rings. The van der Waals surface area contributed by atoms with Crippen LogP contribution >= 0.6 is 0 Å². The Morgan fingerprint density at radius 1 is 0.977 bits per heavy atom. The van der Waals surface area contributed by atoms with E-state index in [2.05, 4.69) is 54.0 Å². The maximum Gasteiger partial charge on any atom is 0.224 e. The van der Waals surface area contributed by atoms with Crippen LogP contribution in [-0.2, 0) is 17.6 Å². The second-order valence-electron chi connectivity index (χ2n) is 12.7. The van der Waals surface area contributed by atoms with Crippen LogP contribution in [0.1, 0.15) is 74.3 Å². The highest BCUT2D eigenvalue weighted by atomic mass is 19.3. The molecule has 0 radical (unpaired) electrons. The van der Waals surface area contributed by atoms with Crippen molar-refractivity contribution in [1.29, 1.82) is 0 Å². The van der Waals surface area contributed by atoms with E-state index in [4.69, 9.17) is 4.74 Å². The van der Waals surface area contributed by atoms with E-state index in [9.17, 15) is 13.7 Å². The highest BCUT2D eigenvalue weighted by molar-refractivity contribution is 6.01. The minimum absolute atomic E-state index is 0.0538. The lowest BCUT2D eigenvalue weighted by atomic mass is 9.87. The molecule has 1 saturated heterocycles. The molecule has 1 unspecified atom stereocenters. The Labute approximate surface area is 253 Å². The molecule has 6 rings (SSSR count). The number of fused-ring (bicyclic) bond motifs is 2. The van der Waals surface area contributed by atoms with Crippen LogP contribution < -0.4 is 14.6 Å². The number of alkyl halides is 1. The minimum Gasteiger partial charge on any atom is -0.489 e. The van der Waals surface area contributed by atoms with Crippen molar-refractivity contribution in [2.45, 2.75) is 70.9 Å². The van der Waals surface area contributed by atoms with Gasteiger partial charge >= 0.3 is 0 Å². The number of hydrogen-bond acceptors (Lipinski definition) is 4. The summed E-state index contributed by atoms with van der Waals surface area (Å²) >= 11 is 0. The van der Waals surface area contributed by atoms with Gasteiger partial charge in [0, 0.05) is 42.3 Å². The van der Waals surface area contributed by atoms with Crippen LogP contribution in [0.4, 0.5) is 14.6 Å². The van der Waals surface area contributed by atoms with Crippen molar-refractivity contribution in [2.75, 3.05) is 31.2 Å². The minimum atomic E-state index is -0.285.